The van der Waals surface area contributed by atoms with Gasteiger partial charge in [-0.05, 0) is 25.7 Å². The van der Waals surface area contributed by atoms with Crippen LogP contribution >= 0.6 is 0 Å². The van der Waals surface area contributed by atoms with Crippen LogP contribution in [0.2, 0.25) is 0 Å². The molecule has 1 nitrogen and oxygen atoms in total. The Morgan fingerprint density at radius 1 is 1.60 bits per heavy atom. The molecular weight excluding hydrogens is 124 g/mol. The van der Waals surface area contributed by atoms with Crippen molar-refractivity contribution in [2.45, 2.75) is 44.8 Å². The second-order valence-electron chi connectivity index (χ2n) is 2.87. The summed E-state index contributed by atoms with van der Waals surface area (Å²) < 4.78 is 5.67. The lowest BCUT2D eigenvalue weighted by molar-refractivity contribution is -0.0261. The molecule has 1 fully saturated rings. The zero-order chi connectivity index (χ0) is 7.40. The Morgan fingerprint density at radius 2 is 2.40 bits per heavy atom. The Bertz CT molecular complexity index is 109. The third-order valence-electron chi connectivity index (χ3n) is 2.10. The van der Waals surface area contributed by atoms with Crippen LogP contribution in [0.3, 0.4) is 0 Å². The van der Waals surface area contributed by atoms with Crippen molar-refractivity contribution < 1.29 is 4.74 Å². The molecule has 1 heterocycles. The predicted octanol–water partition coefficient (Wildman–Crippen LogP) is 2.52. The molecule has 10 heavy (non-hydrogen) atoms. The van der Waals surface area contributed by atoms with Crippen LogP contribution in [0.1, 0.15) is 32.6 Å². The van der Waals surface area contributed by atoms with Gasteiger partial charge >= 0.3 is 0 Å². The Kier molecular flexibility index (Phi) is 2.94. The van der Waals surface area contributed by atoms with E-state index in [4.69, 9.17) is 4.74 Å². The minimum absolute atomic E-state index is 0.332. The van der Waals surface area contributed by atoms with Crippen LogP contribution in [0, 0.1) is 0 Å². The van der Waals surface area contributed by atoms with Gasteiger partial charge in [-0.25, -0.2) is 0 Å². The number of rotatable bonds is 2. The van der Waals surface area contributed by atoms with E-state index in [9.17, 15) is 0 Å². The lowest BCUT2D eigenvalue weighted by Crippen LogP contribution is -2.25. The van der Waals surface area contributed by atoms with Crippen LogP contribution in [0.4, 0.5) is 0 Å². The quantitative estimate of drug-likeness (QED) is 0.535. The van der Waals surface area contributed by atoms with Crippen LogP contribution < -0.4 is 0 Å². The molecule has 0 amide bonds. The maximum atomic E-state index is 5.67. The normalized spacial score (nSPS) is 33.7. The van der Waals surface area contributed by atoms with Gasteiger partial charge in [0, 0.05) is 0 Å². The minimum Gasteiger partial charge on any atom is -0.371 e. The van der Waals surface area contributed by atoms with E-state index in [-0.39, 0.29) is 0 Å². The highest BCUT2D eigenvalue weighted by Crippen LogP contribution is 2.20. The van der Waals surface area contributed by atoms with Crippen LogP contribution in [0.5, 0.6) is 0 Å². The monoisotopic (exact) mass is 140 g/mol. The van der Waals surface area contributed by atoms with Crippen molar-refractivity contribution in [3.63, 3.8) is 0 Å². The molecule has 0 radical (unpaired) electrons. The van der Waals surface area contributed by atoms with Gasteiger partial charge in [-0.15, -0.1) is 6.58 Å². The summed E-state index contributed by atoms with van der Waals surface area (Å²) in [6, 6.07) is 0. The number of hydrogen-bond donors (Lipinski definition) is 0. The summed E-state index contributed by atoms with van der Waals surface area (Å²) in [6.07, 6.45) is 7.60. The molecule has 1 aliphatic heterocycles. The molecule has 0 spiro atoms. The average Bonchev–Trinajstić information content (AvgIpc) is 2.05. The molecule has 0 N–H and O–H groups in total. The summed E-state index contributed by atoms with van der Waals surface area (Å²) >= 11 is 0. The summed E-state index contributed by atoms with van der Waals surface area (Å²) in [7, 11) is 0. The first-order valence-electron chi connectivity index (χ1n) is 4.14. The maximum Gasteiger partial charge on any atom is 0.0757 e. The Morgan fingerprint density at radius 3 is 3.00 bits per heavy atom. The molecule has 0 aromatic rings. The lowest BCUT2D eigenvalue weighted by Gasteiger charge is -2.27. The molecule has 58 valence electrons. The predicted molar refractivity (Wildman–Crippen MR) is 43.0 cm³/mol. The van der Waals surface area contributed by atoms with Crippen molar-refractivity contribution in [2.75, 3.05) is 0 Å². The molecule has 1 rings (SSSR count). The van der Waals surface area contributed by atoms with E-state index >= 15 is 0 Å². The fourth-order valence-corrected chi connectivity index (χ4v) is 1.40. The Hall–Kier alpha value is -0.300. The van der Waals surface area contributed by atoms with Gasteiger partial charge in [0.15, 0.2) is 0 Å². The van der Waals surface area contributed by atoms with Crippen LogP contribution in [0.15, 0.2) is 12.7 Å². The molecule has 1 heteroatoms. The SMILES string of the molecule is C=CC1CCCC(CC)O1. The van der Waals surface area contributed by atoms with Crippen LogP contribution in [-0.4, -0.2) is 12.2 Å². The molecule has 2 unspecified atom stereocenters. The van der Waals surface area contributed by atoms with E-state index in [0.717, 1.165) is 6.42 Å². The second-order valence-corrected chi connectivity index (χ2v) is 2.87. The highest BCUT2D eigenvalue weighted by Gasteiger charge is 2.17. The number of hydrogen-bond acceptors (Lipinski definition) is 1. The van der Waals surface area contributed by atoms with Crippen molar-refractivity contribution in [3.8, 4) is 0 Å². The third-order valence-corrected chi connectivity index (χ3v) is 2.10. The molecule has 0 bridgehead atoms. The van der Waals surface area contributed by atoms with E-state index in [1.807, 2.05) is 6.08 Å². The smallest absolute Gasteiger partial charge is 0.0757 e. The first-order valence-corrected chi connectivity index (χ1v) is 4.14. The highest BCUT2D eigenvalue weighted by molar-refractivity contribution is 4.83. The number of ether oxygens (including phenoxy) is 1. The minimum atomic E-state index is 0.332. The van der Waals surface area contributed by atoms with Crippen molar-refractivity contribution in [2.24, 2.45) is 0 Å². The molecule has 1 saturated heterocycles. The van der Waals surface area contributed by atoms with Crippen molar-refractivity contribution >= 4 is 0 Å². The zero-order valence-corrected chi connectivity index (χ0v) is 6.68. The van der Waals surface area contributed by atoms with Gasteiger partial charge in [-0.3, -0.25) is 0 Å². The van der Waals surface area contributed by atoms with Gasteiger partial charge in [-0.2, -0.15) is 0 Å². The molecular formula is C9H16O. The van der Waals surface area contributed by atoms with Gasteiger partial charge in [-0.1, -0.05) is 13.0 Å². The molecule has 0 aliphatic carbocycles. The topological polar surface area (TPSA) is 9.23 Å². The van der Waals surface area contributed by atoms with E-state index in [2.05, 4.69) is 13.5 Å². The van der Waals surface area contributed by atoms with Gasteiger partial charge < -0.3 is 4.74 Å². The molecule has 0 saturated carbocycles. The largest absolute Gasteiger partial charge is 0.371 e. The molecule has 1 aliphatic rings. The highest BCUT2D eigenvalue weighted by atomic mass is 16.5. The van der Waals surface area contributed by atoms with Gasteiger partial charge in [0.05, 0.1) is 12.2 Å². The standard InChI is InChI=1S/C9H16O/c1-3-8-6-5-7-9(4-2)10-8/h3,8-9H,1,4-7H2,2H3. The third kappa shape index (κ3) is 1.84. The van der Waals surface area contributed by atoms with E-state index in [1.54, 1.807) is 0 Å². The van der Waals surface area contributed by atoms with E-state index < -0.39 is 0 Å². The summed E-state index contributed by atoms with van der Waals surface area (Å²) in [5.41, 5.74) is 0. The van der Waals surface area contributed by atoms with Gasteiger partial charge in [0.25, 0.3) is 0 Å². The first kappa shape index (κ1) is 7.80. The summed E-state index contributed by atoms with van der Waals surface area (Å²) in [4.78, 5) is 0. The Labute approximate surface area is 63.1 Å². The molecule has 0 aromatic heterocycles. The summed E-state index contributed by atoms with van der Waals surface area (Å²) in [5.74, 6) is 0. The van der Waals surface area contributed by atoms with Crippen molar-refractivity contribution in [1.29, 1.82) is 0 Å². The lowest BCUT2D eigenvalue weighted by atomic mass is 10.0. The van der Waals surface area contributed by atoms with E-state index in [0.29, 0.717) is 12.2 Å². The maximum absolute atomic E-state index is 5.67. The Balaban J connectivity index is 2.31. The van der Waals surface area contributed by atoms with Crippen molar-refractivity contribution in [1.82, 2.24) is 0 Å². The van der Waals surface area contributed by atoms with Crippen LogP contribution in [0.25, 0.3) is 0 Å². The second kappa shape index (κ2) is 3.77. The van der Waals surface area contributed by atoms with Gasteiger partial charge in [0.1, 0.15) is 0 Å². The van der Waals surface area contributed by atoms with Crippen LogP contribution in [-0.2, 0) is 4.74 Å². The first-order chi connectivity index (χ1) is 4.86. The van der Waals surface area contributed by atoms with E-state index in [1.165, 1.54) is 19.3 Å². The van der Waals surface area contributed by atoms with Gasteiger partial charge in [0.2, 0.25) is 0 Å². The molecule has 2 atom stereocenters. The fraction of sp³-hybridized carbons (Fsp3) is 0.778. The zero-order valence-electron chi connectivity index (χ0n) is 6.68. The summed E-state index contributed by atoms with van der Waals surface area (Å²) in [5, 5.41) is 0. The average molecular weight is 140 g/mol. The molecule has 0 aromatic carbocycles. The summed E-state index contributed by atoms with van der Waals surface area (Å²) in [6.45, 7) is 5.90. The van der Waals surface area contributed by atoms with Crippen molar-refractivity contribution in [3.05, 3.63) is 12.7 Å². The fourth-order valence-electron chi connectivity index (χ4n) is 1.40.